The van der Waals surface area contributed by atoms with Gasteiger partial charge < -0.3 is 4.90 Å². The van der Waals surface area contributed by atoms with Crippen LogP contribution in [-0.4, -0.2) is 59.3 Å². The van der Waals surface area contributed by atoms with Crippen molar-refractivity contribution in [3.8, 4) is 0 Å². The summed E-state index contributed by atoms with van der Waals surface area (Å²) in [4.78, 5) is 39.0. The van der Waals surface area contributed by atoms with E-state index in [1.807, 2.05) is 27.7 Å². The Hall–Kier alpha value is -2.46. The minimum atomic E-state index is -4.02. The Balaban J connectivity index is 2.40. The number of carbonyl (C=O) groups is 1. The summed E-state index contributed by atoms with van der Waals surface area (Å²) in [6, 6.07) is 4.04. The lowest BCUT2D eigenvalue weighted by atomic mass is 10.1. The van der Waals surface area contributed by atoms with Gasteiger partial charge in [-0.25, -0.2) is 13.2 Å². The Morgan fingerprint density at radius 1 is 1.00 bits per heavy atom. The molecule has 0 aliphatic heterocycles. The normalized spacial score (nSPS) is 12.3. The molecular weight excluding hydrogens is 420 g/mol. The Morgan fingerprint density at radius 3 is 2.06 bits per heavy atom. The lowest BCUT2D eigenvalue weighted by molar-refractivity contribution is -0.132. The number of sulfonamides is 1. The molecule has 9 nitrogen and oxygen atoms in total. The standard InChI is InChI=1S/C21H32N4O5S/c1-14(2)11-25(12-15(3)4)19(26)13-22(5)31(29,30)16-8-9-18-17(10-16)20(27)24(7)21(28)23(18)6/h8-10,14-15H,11-13H2,1-7H3. The first-order valence-corrected chi connectivity index (χ1v) is 11.6. The van der Waals surface area contributed by atoms with Crippen molar-refractivity contribution >= 4 is 26.8 Å². The number of hydrogen-bond donors (Lipinski definition) is 0. The van der Waals surface area contributed by atoms with E-state index in [1.165, 1.54) is 43.9 Å². The van der Waals surface area contributed by atoms with E-state index in [4.69, 9.17) is 0 Å². The van der Waals surface area contributed by atoms with Gasteiger partial charge in [0.1, 0.15) is 0 Å². The lowest BCUT2D eigenvalue weighted by Crippen LogP contribution is -2.44. The van der Waals surface area contributed by atoms with Crippen LogP contribution in [0.5, 0.6) is 0 Å². The highest BCUT2D eigenvalue weighted by Crippen LogP contribution is 2.19. The van der Waals surface area contributed by atoms with Crippen LogP contribution >= 0.6 is 0 Å². The van der Waals surface area contributed by atoms with Crippen molar-refractivity contribution < 1.29 is 13.2 Å². The van der Waals surface area contributed by atoms with Crippen LogP contribution in [0.2, 0.25) is 0 Å². The zero-order valence-corrected chi connectivity index (χ0v) is 20.1. The summed E-state index contributed by atoms with van der Waals surface area (Å²) in [5, 5.41) is 0.117. The quantitative estimate of drug-likeness (QED) is 0.595. The SMILES string of the molecule is CC(C)CN(CC(C)C)C(=O)CN(C)S(=O)(=O)c1ccc2c(c1)c(=O)n(C)c(=O)n2C. The Labute approximate surface area is 182 Å². The highest BCUT2D eigenvalue weighted by atomic mass is 32.2. The largest absolute Gasteiger partial charge is 0.341 e. The maximum Gasteiger partial charge on any atom is 0.330 e. The van der Waals surface area contributed by atoms with Gasteiger partial charge in [0.05, 0.1) is 22.3 Å². The number of nitrogens with zero attached hydrogens (tertiary/aromatic N) is 4. The van der Waals surface area contributed by atoms with Gasteiger partial charge in [0.2, 0.25) is 15.9 Å². The molecule has 10 heteroatoms. The van der Waals surface area contributed by atoms with Gasteiger partial charge in [-0.2, -0.15) is 4.31 Å². The van der Waals surface area contributed by atoms with Gasteiger partial charge in [-0.1, -0.05) is 27.7 Å². The molecule has 0 saturated heterocycles. The van der Waals surface area contributed by atoms with Gasteiger partial charge in [-0.05, 0) is 30.0 Å². The lowest BCUT2D eigenvalue weighted by Gasteiger charge is -2.28. The van der Waals surface area contributed by atoms with Crippen LogP contribution in [0.15, 0.2) is 32.7 Å². The van der Waals surface area contributed by atoms with Crippen molar-refractivity contribution in [3.63, 3.8) is 0 Å². The highest BCUT2D eigenvalue weighted by molar-refractivity contribution is 7.89. The third-order valence-corrected chi connectivity index (χ3v) is 6.83. The summed E-state index contributed by atoms with van der Waals surface area (Å²) in [7, 11) is 0.185. The summed E-state index contributed by atoms with van der Waals surface area (Å²) < 4.78 is 29.4. The molecule has 31 heavy (non-hydrogen) atoms. The summed E-state index contributed by atoms with van der Waals surface area (Å²) in [6.45, 7) is 8.81. The minimum absolute atomic E-state index is 0.106. The number of carbonyl (C=O) groups excluding carboxylic acids is 1. The fourth-order valence-corrected chi connectivity index (χ4v) is 4.60. The van der Waals surface area contributed by atoms with E-state index in [0.29, 0.717) is 18.6 Å². The van der Waals surface area contributed by atoms with Gasteiger partial charge in [0.25, 0.3) is 5.56 Å². The summed E-state index contributed by atoms with van der Waals surface area (Å²) >= 11 is 0. The van der Waals surface area contributed by atoms with Crippen LogP contribution in [0.25, 0.3) is 10.9 Å². The molecule has 0 unspecified atom stereocenters. The van der Waals surface area contributed by atoms with E-state index in [1.54, 1.807) is 4.90 Å². The monoisotopic (exact) mass is 452 g/mol. The molecule has 0 fully saturated rings. The predicted octanol–water partition coefficient (Wildman–Crippen LogP) is 0.998. The number of fused-ring (bicyclic) bond motifs is 1. The first-order valence-electron chi connectivity index (χ1n) is 10.2. The topological polar surface area (TPSA) is 102 Å². The molecule has 0 aliphatic carbocycles. The zero-order valence-electron chi connectivity index (χ0n) is 19.2. The third kappa shape index (κ3) is 5.24. The molecule has 0 saturated carbocycles. The van der Waals surface area contributed by atoms with E-state index in [0.717, 1.165) is 8.87 Å². The number of hydrogen-bond acceptors (Lipinski definition) is 5. The number of benzene rings is 1. The van der Waals surface area contributed by atoms with Crippen LogP contribution < -0.4 is 11.2 Å². The molecule has 0 N–H and O–H groups in total. The van der Waals surface area contributed by atoms with E-state index < -0.39 is 21.3 Å². The Bertz CT molecular complexity index is 1180. The molecule has 0 radical (unpaired) electrons. The van der Waals surface area contributed by atoms with Crippen molar-refractivity contribution in [3.05, 3.63) is 39.0 Å². The van der Waals surface area contributed by atoms with Gasteiger partial charge in [-0.3, -0.25) is 18.7 Å². The molecule has 172 valence electrons. The maximum atomic E-state index is 13.1. The summed E-state index contributed by atoms with van der Waals surface area (Å²) in [5.74, 6) is 0.244. The molecule has 2 rings (SSSR count). The molecule has 1 aromatic carbocycles. The molecule has 1 heterocycles. The van der Waals surface area contributed by atoms with Gasteiger partial charge in [-0.15, -0.1) is 0 Å². The van der Waals surface area contributed by atoms with Gasteiger partial charge in [0, 0.05) is 34.2 Å². The van der Waals surface area contributed by atoms with Gasteiger partial charge >= 0.3 is 5.69 Å². The van der Waals surface area contributed by atoms with Crippen LogP contribution in [0.3, 0.4) is 0 Å². The van der Waals surface area contributed by atoms with Crippen LogP contribution in [0.4, 0.5) is 0 Å². The predicted molar refractivity (Wildman–Crippen MR) is 121 cm³/mol. The van der Waals surface area contributed by atoms with Crippen molar-refractivity contribution in [2.45, 2.75) is 32.6 Å². The Morgan fingerprint density at radius 2 is 1.55 bits per heavy atom. The molecule has 0 atom stereocenters. The second-order valence-electron chi connectivity index (χ2n) is 8.73. The van der Waals surface area contributed by atoms with E-state index in [2.05, 4.69) is 0 Å². The highest BCUT2D eigenvalue weighted by Gasteiger charge is 2.26. The number of aromatic nitrogens is 2. The van der Waals surface area contributed by atoms with E-state index in [9.17, 15) is 22.8 Å². The molecule has 1 aromatic heterocycles. The van der Waals surface area contributed by atoms with E-state index in [-0.39, 0.29) is 34.6 Å². The van der Waals surface area contributed by atoms with Crippen LogP contribution in [0, 0.1) is 11.8 Å². The maximum absolute atomic E-state index is 13.1. The fourth-order valence-electron chi connectivity index (χ4n) is 3.45. The molecule has 0 spiro atoms. The fraction of sp³-hybridized carbons (Fsp3) is 0.571. The number of rotatable bonds is 8. The van der Waals surface area contributed by atoms with Crippen LogP contribution in [0.1, 0.15) is 27.7 Å². The zero-order chi connectivity index (χ0) is 23.7. The second kappa shape index (κ2) is 9.35. The van der Waals surface area contributed by atoms with Crippen LogP contribution in [-0.2, 0) is 28.9 Å². The van der Waals surface area contributed by atoms with Gasteiger partial charge in [0.15, 0.2) is 0 Å². The second-order valence-corrected chi connectivity index (χ2v) is 10.8. The van der Waals surface area contributed by atoms with Crippen molar-refractivity contribution in [1.29, 1.82) is 0 Å². The van der Waals surface area contributed by atoms with Crippen molar-refractivity contribution in [2.24, 2.45) is 25.9 Å². The minimum Gasteiger partial charge on any atom is -0.341 e. The summed E-state index contributed by atoms with van der Waals surface area (Å²) in [6.07, 6.45) is 0. The average Bonchev–Trinajstić information content (AvgIpc) is 2.68. The third-order valence-electron chi connectivity index (χ3n) is 5.03. The number of amides is 1. The van der Waals surface area contributed by atoms with Crippen molar-refractivity contribution in [2.75, 3.05) is 26.7 Å². The number of aryl methyl sites for hydroxylation is 1. The van der Waals surface area contributed by atoms with E-state index >= 15 is 0 Å². The first-order chi connectivity index (χ1) is 14.3. The molecule has 1 amide bonds. The molecule has 2 aromatic rings. The molecule has 0 aliphatic rings. The first kappa shape index (κ1) is 24.8. The summed E-state index contributed by atoms with van der Waals surface area (Å²) in [5.41, 5.74) is -0.731. The Kier molecular flexibility index (Phi) is 7.48. The smallest absolute Gasteiger partial charge is 0.330 e. The molecular formula is C21H32N4O5S. The molecule has 0 bridgehead atoms. The number of likely N-dealkylation sites (N-methyl/N-ethyl adjacent to an activating group) is 1. The van der Waals surface area contributed by atoms with Crippen molar-refractivity contribution in [1.82, 2.24) is 18.3 Å². The average molecular weight is 453 g/mol.